The lowest BCUT2D eigenvalue weighted by Crippen LogP contribution is -2.48. The van der Waals surface area contributed by atoms with Crippen LogP contribution >= 0.6 is 0 Å². The van der Waals surface area contributed by atoms with Crippen molar-refractivity contribution in [3.8, 4) is 0 Å². The fourth-order valence-corrected chi connectivity index (χ4v) is 2.69. The Labute approximate surface area is 114 Å². The van der Waals surface area contributed by atoms with Crippen molar-refractivity contribution in [1.29, 1.82) is 0 Å². The van der Waals surface area contributed by atoms with E-state index < -0.39 is 5.54 Å². The number of hydrogen-bond acceptors (Lipinski definition) is 3. The summed E-state index contributed by atoms with van der Waals surface area (Å²) >= 11 is 0. The second-order valence-electron chi connectivity index (χ2n) is 5.90. The van der Waals surface area contributed by atoms with Gasteiger partial charge in [-0.1, -0.05) is 0 Å². The molecule has 19 heavy (non-hydrogen) atoms. The van der Waals surface area contributed by atoms with Crippen LogP contribution in [0, 0.1) is 13.8 Å². The summed E-state index contributed by atoms with van der Waals surface area (Å²) in [6, 6.07) is 0.296. The molecule has 1 aromatic rings. The molecule has 0 radical (unpaired) electrons. The van der Waals surface area contributed by atoms with Gasteiger partial charge in [-0.25, -0.2) is 0 Å². The number of nitrogens with one attached hydrogen (secondary N) is 2. The Morgan fingerprint density at radius 2 is 2.16 bits per heavy atom. The average Bonchev–Trinajstić information content (AvgIpc) is 2.89. The number of rotatable bonds is 3. The molecule has 0 aliphatic carbocycles. The van der Waals surface area contributed by atoms with Gasteiger partial charge < -0.3 is 10.6 Å². The molecule has 1 atom stereocenters. The molecule has 1 saturated heterocycles. The summed E-state index contributed by atoms with van der Waals surface area (Å²) in [7, 11) is 0. The molecule has 0 spiro atoms. The third kappa shape index (κ3) is 2.52. The Bertz CT molecular complexity index is 484. The zero-order chi connectivity index (χ0) is 14.2. The van der Waals surface area contributed by atoms with Crippen LogP contribution in [-0.4, -0.2) is 27.8 Å². The highest BCUT2D eigenvalue weighted by molar-refractivity contribution is 5.98. The van der Waals surface area contributed by atoms with E-state index in [0.29, 0.717) is 6.04 Å². The molecule has 2 rings (SSSR count). The van der Waals surface area contributed by atoms with Gasteiger partial charge in [-0.2, -0.15) is 5.10 Å². The van der Waals surface area contributed by atoms with Gasteiger partial charge in [0.2, 0.25) is 5.91 Å². The molecule has 2 heterocycles. The van der Waals surface area contributed by atoms with E-state index in [1.54, 1.807) is 0 Å². The molecule has 5 nitrogen and oxygen atoms in total. The van der Waals surface area contributed by atoms with Crippen LogP contribution < -0.4 is 10.6 Å². The molecule has 1 aliphatic rings. The van der Waals surface area contributed by atoms with Gasteiger partial charge in [-0.05, 0) is 54.0 Å². The maximum atomic E-state index is 12.4. The molecule has 2 N–H and O–H groups in total. The van der Waals surface area contributed by atoms with Crippen molar-refractivity contribution in [3.63, 3.8) is 0 Å². The van der Waals surface area contributed by atoms with Gasteiger partial charge >= 0.3 is 0 Å². The molecule has 0 aromatic carbocycles. The molecule has 5 heteroatoms. The van der Waals surface area contributed by atoms with Crippen LogP contribution in [0.25, 0.3) is 0 Å². The third-order valence-electron chi connectivity index (χ3n) is 3.92. The molecule has 1 aromatic heterocycles. The second-order valence-corrected chi connectivity index (χ2v) is 5.90. The highest BCUT2D eigenvalue weighted by Crippen LogP contribution is 2.25. The number of anilines is 1. The normalized spacial score (nSPS) is 23.1. The summed E-state index contributed by atoms with van der Waals surface area (Å²) < 4.78 is 1.95. The van der Waals surface area contributed by atoms with Gasteiger partial charge in [-0.15, -0.1) is 0 Å². The van der Waals surface area contributed by atoms with Gasteiger partial charge in [0.15, 0.2) is 0 Å². The Morgan fingerprint density at radius 1 is 1.47 bits per heavy atom. The first-order valence-corrected chi connectivity index (χ1v) is 6.97. The highest BCUT2D eigenvalue weighted by Gasteiger charge is 2.36. The van der Waals surface area contributed by atoms with Crippen molar-refractivity contribution in [2.24, 2.45) is 0 Å². The van der Waals surface area contributed by atoms with Crippen molar-refractivity contribution in [2.45, 2.75) is 59.0 Å². The largest absolute Gasteiger partial charge is 0.321 e. The van der Waals surface area contributed by atoms with Gasteiger partial charge in [-0.3, -0.25) is 9.48 Å². The minimum Gasteiger partial charge on any atom is -0.321 e. The van der Waals surface area contributed by atoms with Crippen molar-refractivity contribution in [3.05, 3.63) is 11.4 Å². The molecule has 1 aliphatic heterocycles. The first kappa shape index (κ1) is 14.1. The molecular weight excluding hydrogens is 240 g/mol. The van der Waals surface area contributed by atoms with E-state index in [4.69, 9.17) is 0 Å². The Hall–Kier alpha value is -1.36. The summed E-state index contributed by atoms with van der Waals surface area (Å²) in [5.74, 6) is 0.0412. The van der Waals surface area contributed by atoms with E-state index in [2.05, 4.69) is 29.6 Å². The zero-order valence-corrected chi connectivity index (χ0v) is 12.5. The first-order chi connectivity index (χ1) is 8.85. The predicted molar refractivity (Wildman–Crippen MR) is 76.4 cm³/mol. The summed E-state index contributed by atoms with van der Waals surface area (Å²) in [5, 5.41) is 10.8. The summed E-state index contributed by atoms with van der Waals surface area (Å²) in [5.41, 5.74) is 2.30. The molecular formula is C14H24N4O. The van der Waals surface area contributed by atoms with Crippen molar-refractivity contribution in [2.75, 3.05) is 11.9 Å². The number of hydrogen-bond donors (Lipinski definition) is 2. The van der Waals surface area contributed by atoms with Crippen LogP contribution in [0.15, 0.2) is 0 Å². The number of carbonyl (C=O) groups is 1. The van der Waals surface area contributed by atoms with Gasteiger partial charge in [0.1, 0.15) is 0 Å². The molecule has 1 fully saturated rings. The summed E-state index contributed by atoms with van der Waals surface area (Å²) in [4.78, 5) is 12.4. The van der Waals surface area contributed by atoms with Crippen molar-refractivity contribution in [1.82, 2.24) is 15.1 Å². The first-order valence-electron chi connectivity index (χ1n) is 6.97. The monoisotopic (exact) mass is 264 g/mol. The SMILES string of the molecule is Cc1nn(C(C)C)c(C)c1NC(=O)C1(C)CCCN1. The molecule has 0 bridgehead atoms. The maximum absolute atomic E-state index is 12.4. The Kier molecular flexibility index (Phi) is 3.67. The van der Waals surface area contributed by atoms with E-state index >= 15 is 0 Å². The topological polar surface area (TPSA) is 59.0 Å². The molecule has 0 saturated carbocycles. The number of aryl methyl sites for hydroxylation is 1. The van der Waals surface area contributed by atoms with E-state index in [-0.39, 0.29) is 5.91 Å². The Balaban J connectivity index is 2.22. The lowest BCUT2D eigenvalue weighted by molar-refractivity contribution is -0.121. The number of nitrogens with zero attached hydrogens (tertiary/aromatic N) is 2. The quantitative estimate of drug-likeness (QED) is 0.879. The second kappa shape index (κ2) is 4.96. The Morgan fingerprint density at radius 3 is 2.63 bits per heavy atom. The van der Waals surface area contributed by atoms with Gasteiger partial charge in [0.05, 0.1) is 22.6 Å². The van der Waals surface area contributed by atoms with E-state index in [9.17, 15) is 4.79 Å². The van der Waals surface area contributed by atoms with Crippen LogP contribution in [0.5, 0.6) is 0 Å². The lowest BCUT2D eigenvalue weighted by atomic mass is 9.99. The van der Waals surface area contributed by atoms with Crippen molar-refractivity contribution < 1.29 is 4.79 Å². The predicted octanol–water partition coefficient (Wildman–Crippen LogP) is 2.16. The van der Waals surface area contributed by atoms with Crippen molar-refractivity contribution >= 4 is 11.6 Å². The fourth-order valence-electron chi connectivity index (χ4n) is 2.69. The number of carbonyl (C=O) groups excluding carboxylic acids is 1. The van der Waals surface area contributed by atoms with Gasteiger partial charge in [0, 0.05) is 6.04 Å². The van der Waals surface area contributed by atoms with E-state index in [1.807, 2.05) is 25.5 Å². The van der Waals surface area contributed by atoms with Gasteiger partial charge in [0.25, 0.3) is 0 Å². The standard InChI is InChI=1S/C14H24N4O/c1-9(2)18-11(4)12(10(3)17-18)16-13(19)14(5)7-6-8-15-14/h9,15H,6-8H2,1-5H3,(H,16,19). The summed E-state index contributed by atoms with van der Waals surface area (Å²) in [6.45, 7) is 11.0. The minimum absolute atomic E-state index is 0.0412. The fraction of sp³-hybridized carbons (Fsp3) is 0.714. The summed E-state index contributed by atoms with van der Waals surface area (Å²) in [6.07, 6.45) is 1.93. The zero-order valence-electron chi connectivity index (χ0n) is 12.5. The van der Waals surface area contributed by atoms with E-state index in [0.717, 1.165) is 36.5 Å². The third-order valence-corrected chi connectivity index (χ3v) is 3.92. The van der Waals surface area contributed by atoms with Crippen LogP contribution in [0.1, 0.15) is 51.0 Å². The minimum atomic E-state index is -0.446. The van der Waals surface area contributed by atoms with E-state index in [1.165, 1.54) is 0 Å². The molecule has 1 amide bonds. The van der Waals surface area contributed by atoms with Crippen LogP contribution in [0.3, 0.4) is 0 Å². The maximum Gasteiger partial charge on any atom is 0.244 e. The highest BCUT2D eigenvalue weighted by atomic mass is 16.2. The molecule has 106 valence electrons. The van der Waals surface area contributed by atoms with Crippen LogP contribution in [0.4, 0.5) is 5.69 Å². The lowest BCUT2D eigenvalue weighted by Gasteiger charge is -2.23. The number of amides is 1. The van der Waals surface area contributed by atoms with Crippen LogP contribution in [0.2, 0.25) is 0 Å². The smallest absolute Gasteiger partial charge is 0.244 e. The average molecular weight is 264 g/mol. The molecule has 1 unspecified atom stereocenters. The number of aromatic nitrogens is 2. The van der Waals surface area contributed by atoms with Crippen LogP contribution in [-0.2, 0) is 4.79 Å².